The minimum Gasteiger partial charge on any atom is -0.396 e. The summed E-state index contributed by atoms with van der Waals surface area (Å²) in [6.07, 6.45) is 1.29. The standard InChI is InChI=1S/C17H24N4O3/c1-12(8-7-11-22)18-17(24)19-15-13(2)20(3)21(16(15)23)14-9-5-4-6-10-14/h4-6,9-10,12,22H,7-8,11H2,1-3H3,(H2,18,19,24). The normalized spacial score (nSPS) is 12.0. The highest BCUT2D eigenvalue weighted by molar-refractivity contribution is 5.89. The van der Waals surface area contributed by atoms with Crippen LogP contribution in [0.15, 0.2) is 35.1 Å². The fourth-order valence-corrected chi connectivity index (χ4v) is 2.56. The van der Waals surface area contributed by atoms with Gasteiger partial charge in [-0.05, 0) is 38.8 Å². The third kappa shape index (κ3) is 3.86. The molecule has 2 aromatic rings. The molecule has 2 amide bonds. The third-order valence-corrected chi connectivity index (χ3v) is 3.97. The van der Waals surface area contributed by atoms with Crippen molar-refractivity contribution in [3.05, 3.63) is 46.4 Å². The quantitative estimate of drug-likeness (QED) is 0.753. The molecule has 1 aromatic heterocycles. The zero-order chi connectivity index (χ0) is 17.7. The molecule has 1 unspecified atom stereocenters. The molecule has 0 spiro atoms. The van der Waals surface area contributed by atoms with Crippen molar-refractivity contribution in [1.29, 1.82) is 0 Å². The molecule has 7 heteroatoms. The van der Waals surface area contributed by atoms with Gasteiger partial charge in [-0.25, -0.2) is 9.48 Å². The summed E-state index contributed by atoms with van der Waals surface area (Å²) in [5, 5.41) is 14.2. The summed E-state index contributed by atoms with van der Waals surface area (Å²) in [6, 6.07) is 8.75. The lowest BCUT2D eigenvalue weighted by molar-refractivity contribution is 0.245. The highest BCUT2D eigenvalue weighted by Gasteiger charge is 2.18. The highest BCUT2D eigenvalue weighted by atomic mass is 16.3. The molecule has 0 radical (unpaired) electrons. The van der Waals surface area contributed by atoms with Crippen LogP contribution < -0.4 is 16.2 Å². The number of hydrogen-bond donors (Lipinski definition) is 3. The van der Waals surface area contributed by atoms with Crippen molar-refractivity contribution < 1.29 is 9.90 Å². The number of anilines is 1. The van der Waals surface area contributed by atoms with Gasteiger partial charge in [0.25, 0.3) is 5.56 Å². The van der Waals surface area contributed by atoms with E-state index in [1.165, 1.54) is 4.68 Å². The van der Waals surface area contributed by atoms with E-state index in [0.29, 0.717) is 18.5 Å². The number of carbonyl (C=O) groups excluding carboxylic acids is 1. The topological polar surface area (TPSA) is 88.3 Å². The molecule has 7 nitrogen and oxygen atoms in total. The molecule has 1 heterocycles. The van der Waals surface area contributed by atoms with Crippen LogP contribution >= 0.6 is 0 Å². The minimum absolute atomic E-state index is 0.0856. The van der Waals surface area contributed by atoms with Gasteiger partial charge in [-0.1, -0.05) is 18.2 Å². The van der Waals surface area contributed by atoms with Crippen LogP contribution in [0.3, 0.4) is 0 Å². The maximum absolute atomic E-state index is 12.7. The van der Waals surface area contributed by atoms with Crippen molar-refractivity contribution in [2.75, 3.05) is 11.9 Å². The predicted octanol–water partition coefficient (Wildman–Crippen LogP) is 1.77. The van der Waals surface area contributed by atoms with Gasteiger partial charge in [0.05, 0.1) is 11.4 Å². The molecule has 0 aliphatic carbocycles. The number of hydrogen-bond acceptors (Lipinski definition) is 3. The lowest BCUT2D eigenvalue weighted by atomic mass is 10.2. The Morgan fingerprint density at radius 2 is 1.96 bits per heavy atom. The van der Waals surface area contributed by atoms with E-state index in [1.54, 1.807) is 18.7 Å². The molecule has 0 aliphatic rings. The lowest BCUT2D eigenvalue weighted by Crippen LogP contribution is -2.37. The fourth-order valence-electron chi connectivity index (χ4n) is 2.56. The molecular formula is C17H24N4O3. The Bertz CT molecular complexity index is 749. The third-order valence-electron chi connectivity index (χ3n) is 3.97. The van der Waals surface area contributed by atoms with Gasteiger partial charge >= 0.3 is 6.03 Å². The van der Waals surface area contributed by atoms with Crippen LogP contribution in [-0.4, -0.2) is 33.1 Å². The minimum atomic E-state index is -0.425. The van der Waals surface area contributed by atoms with Crippen molar-refractivity contribution in [3.8, 4) is 5.69 Å². The van der Waals surface area contributed by atoms with Crippen molar-refractivity contribution in [2.24, 2.45) is 7.05 Å². The Morgan fingerprint density at radius 3 is 2.58 bits per heavy atom. The first-order chi connectivity index (χ1) is 11.5. The Labute approximate surface area is 140 Å². The van der Waals surface area contributed by atoms with Gasteiger partial charge in [0.1, 0.15) is 5.69 Å². The maximum atomic E-state index is 12.7. The van der Waals surface area contributed by atoms with E-state index < -0.39 is 6.03 Å². The number of aliphatic hydroxyl groups excluding tert-OH is 1. The highest BCUT2D eigenvalue weighted by Crippen LogP contribution is 2.13. The van der Waals surface area contributed by atoms with Crippen molar-refractivity contribution in [3.63, 3.8) is 0 Å². The maximum Gasteiger partial charge on any atom is 0.319 e. The number of benzene rings is 1. The molecule has 130 valence electrons. The van der Waals surface area contributed by atoms with Gasteiger partial charge in [0, 0.05) is 19.7 Å². The van der Waals surface area contributed by atoms with Crippen LogP contribution in [0.5, 0.6) is 0 Å². The Balaban J connectivity index is 2.20. The summed E-state index contributed by atoms with van der Waals surface area (Å²) in [5.41, 5.74) is 1.38. The number of nitrogens with one attached hydrogen (secondary N) is 2. The van der Waals surface area contributed by atoms with E-state index in [2.05, 4.69) is 10.6 Å². The number of para-hydroxylation sites is 1. The molecule has 0 fully saturated rings. The second-order valence-corrected chi connectivity index (χ2v) is 5.80. The molecule has 2 rings (SSSR count). The number of nitrogens with zero attached hydrogens (tertiary/aromatic N) is 2. The summed E-state index contributed by atoms with van der Waals surface area (Å²) < 4.78 is 3.22. The van der Waals surface area contributed by atoms with Gasteiger partial charge in [-0.2, -0.15) is 0 Å². The zero-order valence-electron chi connectivity index (χ0n) is 14.2. The van der Waals surface area contributed by atoms with Crippen molar-refractivity contribution in [2.45, 2.75) is 32.7 Å². The van der Waals surface area contributed by atoms with E-state index in [-0.39, 0.29) is 23.9 Å². The van der Waals surface area contributed by atoms with Gasteiger partial charge in [-0.15, -0.1) is 0 Å². The molecule has 1 aromatic carbocycles. The van der Waals surface area contributed by atoms with Crippen molar-refractivity contribution in [1.82, 2.24) is 14.7 Å². The summed E-state index contributed by atoms with van der Waals surface area (Å²) in [5.74, 6) is 0. The second-order valence-electron chi connectivity index (χ2n) is 5.80. The van der Waals surface area contributed by atoms with Gasteiger partial charge < -0.3 is 15.7 Å². The summed E-state index contributed by atoms with van der Waals surface area (Å²) in [6.45, 7) is 3.73. The predicted molar refractivity (Wildman–Crippen MR) is 93.7 cm³/mol. The van der Waals surface area contributed by atoms with Crippen LogP contribution in [0.25, 0.3) is 5.69 Å². The van der Waals surface area contributed by atoms with Gasteiger partial charge in [0.15, 0.2) is 0 Å². The molecule has 0 saturated heterocycles. The Hall–Kier alpha value is -2.54. The van der Waals surface area contributed by atoms with E-state index >= 15 is 0 Å². The van der Waals surface area contributed by atoms with Gasteiger partial charge in [0.2, 0.25) is 0 Å². The molecule has 3 N–H and O–H groups in total. The molecule has 1 atom stereocenters. The fraction of sp³-hybridized carbons (Fsp3) is 0.412. The monoisotopic (exact) mass is 332 g/mol. The molecule has 0 saturated carbocycles. The van der Waals surface area contributed by atoms with E-state index in [1.807, 2.05) is 37.3 Å². The van der Waals surface area contributed by atoms with E-state index in [0.717, 1.165) is 5.69 Å². The Kier molecular flexibility index (Phi) is 5.81. The molecular weight excluding hydrogens is 308 g/mol. The SMILES string of the molecule is Cc1c(NC(=O)NC(C)CCCO)c(=O)n(-c2ccccc2)n1C. The number of urea groups is 1. The largest absolute Gasteiger partial charge is 0.396 e. The number of aromatic nitrogens is 2. The van der Waals surface area contributed by atoms with E-state index in [9.17, 15) is 9.59 Å². The van der Waals surface area contributed by atoms with Crippen LogP contribution in [0.1, 0.15) is 25.5 Å². The number of aliphatic hydroxyl groups is 1. The molecule has 0 bridgehead atoms. The van der Waals surface area contributed by atoms with Gasteiger partial charge in [-0.3, -0.25) is 9.48 Å². The number of amides is 2. The summed E-state index contributed by atoms with van der Waals surface area (Å²) in [4.78, 5) is 24.8. The first-order valence-electron chi connectivity index (χ1n) is 7.98. The summed E-state index contributed by atoms with van der Waals surface area (Å²) >= 11 is 0. The first kappa shape index (κ1) is 17.8. The zero-order valence-corrected chi connectivity index (χ0v) is 14.2. The average molecular weight is 332 g/mol. The Morgan fingerprint density at radius 1 is 1.29 bits per heavy atom. The average Bonchev–Trinajstić information content (AvgIpc) is 2.77. The molecule has 24 heavy (non-hydrogen) atoms. The summed E-state index contributed by atoms with van der Waals surface area (Å²) in [7, 11) is 1.77. The first-order valence-corrected chi connectivity index (χ1v) is 7.98. The number of rotatable bonds is 6. The van der Waals surface area contributed by atoms with E-state index in [4.69, 9.17) is 5.11 Å². The second kappa shape index (κ2) is 7.83. The molecule has 0 aliphatic heterocycles. The lowest BCUT2D eigenvalue weighted by Gasteiger charge is -2.13. The smallest absolute Gasteiger partial charge is 0.319 e. The number of carbonyl (C=O) groups is 1. The van der Waals surface area contributed by atoms with Crippen LogP contribution in [-0.2, 0) is 7.05 Å². The van der Waals surface area contributed by atoms with Crippen LogP contribution in [0, 0.1) is 6.92 Å². The van der Waals surface area contributed by atoms with Crippen molar-refractivity contribution >= 4 is 11.7 Å². The van der Waals surface area contributed by atoms with Crippen LogP contribution in [0.4, 0.5) is 10.5 Å². The van der Waals surface area contributed by atoms with Crippen LogP contribution in [0.2, 0.25) is 0 Å².